The van der Waals surface area contributed by atoms with Gasteiger partial charge in [0.1, 0.15) is 5.60 Å². The number of hydrogen-bond donors (Lipinski definition) is 1. The van der Waals surface area contributed by atoms with Gasteiger partial charge < -0.3 is 5.32 Å². The summed E-state index contributed by atoms with van der Waals surface area (Å²) in [4.78, 5) is 17.1. The maximum atomic E-state index is 11.4. The van der Waals surface area contributed by atoms with Crippen LogP contribution in [-0.2, 0) is 9.63 Å². The number of piperidine rings is 1. The van der Waals surface area contributed by atoms with Gasteiger partial charge in [0.25, 0.3) is 0 Å². The molecule has 3 fully saturated rings. The monoisotopic (exact) mass is 182 g/mol. The largest absolute Gasteiger partial charge is 0.311 e. The van der Waals surface area contributed by atoms with Crippen LogP contribution in [-0.4, -0.2) is 36.2 Å². The molecule has 72 valence electrons. The van der Waals surface area contributed by atoms with Crippen molar-refractivity contribution >= 4 is 5.91 Å². The molecule has 0 aromatic carbocycles. The van der Waals surface area contributed by atoms with E-state index in [0.717, 1.165) is 18.9 Å². The summed E-state index contributed by atoms with van der Waals surface area (Å²) in [5.41, 5.74) is -0.186. The Balaban J connectivity index is 1.88. The highest BCUT2D eigenvalue weighted by Crippen LogP contribution is 2.46. The van der Waals surface area contributed by atoms with Gasteiger partial charge in [0.15, 0.2) is 0 Å². The van der Waals surface area contributed by atoms with E-state index in [1.165, 1.54) is 11.5 Å². The van der Waals surface area contributed by atoms with Crippen molar-refractivity contribution in [3.63, 3.8) is 0 Å². The third kappa shape index (κ3) is 0.901. The molecule has 0 aromatic heterocycles. The van der Waals surface area contributed by atoms with E-state index in [1.807, 2.05) is 0 Å². The molecule has 0 aromatic rings. The van der Waals surface area contributed by atoms with Gasteiger partial charge in [-0.05, 0) is 25.3 Å². The zero-order valence-corrected chi connectivity index (χ0v) is 7.75. The molecule has 3 aliphatic rings. The van der Waals surface area contributed by atoms with Gasteiger partial charge >= 0.3 is 0 Å². The van der Waals surface area contributed by atoms with Crippen molar-refractivity contribution in [2.75, 3.05) is 13.6 Å². The second kappa shape index (κ2) is 2.25. The van der Waals surface area contributed by atoms with E-state index in [0.29, 0.717) is 12.5 Å². The lowest BCUT2D eigenvalue weighted by molar-refractivity contribution is -0.194. The van der Waals surface area contributed by atoms with Crippen molar-refractivity contribution in [3.8, 4) is 0 Å². The van der Waals surface area contributed by atoms with Crippen LogP contribution in [0.15, 0.2) is 0 Å². The number of fused-ring (bicyclic) bond motifs is 3. The lowest BCUT2D eigenvalue weighted by Crippen LogP contribution is -2.48. The quantitative estimate of drug-likeness (QED) is 0.569. The molecule has 2 bridgehead atoms. The van der Waals surface area contributed by atoms with Crippen LogP contribution in [0.4, 0.5) is 0 Å². The number of carbonyl (C=O) groups is 1. The Labute approximate surface area is 77.2 Å². The molecule has 3 rings (SSSR count). The number of hydroxylamine groups is 2. The molecular formula is C9H14N2O2. The van der Waals surface area contributed by atoms with Gasteiger partial charge in [-0.3, -0.25) is 9.63 Å². The minimum atomic E-state index is -0.186. The van der Waals surface area contributed by atoms with Gasteiger partial charge in [0, 0.05) is 13.1 Å². The number of nitrogens with one attached hydrogen (secondary N) is 1. The number of nitrogens with zero attached hydrogens (tertiary/aromatic N) is 1. The maximum absolute atomic E-state index is 11.4. The van der Waals surface area contributed by atoms with Crippen molar-refractivity contribution in [2.45, 2.75) is 30.9 Å². The van der Waals surface area contributed by atoms with Gasteiger partial charge in [-0.2, -0.15) is 0 Å². The summed E-state index contributed by atoms with van der Waals surface area (Å²) in [7, 11) is 1.71. The Morgan fingerprint density at radius 1 is 1.69 bits per heavy atom. The van der Waals surface area contributed by atoms with E-state index in [2.05, 4.69) is 5.32 Å². The van der Waals surface area contributed by atoms with Crippen LogP contribution in [0.25, 0.3) is 0 Å². The van der Waals surface area contributed by atoms with Crippen LogP contribution in [0.5, 0.6) is 0 Å². The predicted molar refractivity (Wildman–Crippen MR) is 45.7 cm³/mol. The molecule has 1 spiro atoms. The highest BCUT2D eigenvalue weighted by molar-refractivity contribution is 5.78. The van der Waals surface area contributed by atoms with Crippen LogP contribution in [0.1, 0.15) is 19.3 Å². The molecule has 13 heavy (non-hydrogen) atoms. The summed E-state index contributed by atoms with van der Waals surface area (Å²) in [6, 6.07) is 0.409. The summed E-state index contributed by atoms with van der Waals surface area (Å²) in [5, 5.41) is 4.83. The van der Waals surface area contributed by atoms with Gasteiger partial charge in [-0.25, -0.2) is 5.06 Å². The molecule has 4 nitrogen and oxygen atoms in total. The molecule has 4 heteroatoms. The molecular weight excluding hydrogens is 168 g/mol. The number of amides is 1. The first-order valence-corrected chi connectivity index (χ1v) is 4.89. The molecule has 1 aliphatic carbocycles. The molecule has 2 aliphatic heterocycles. The highest BCUT2D eigenvalue weighted by atomic mass is 16.7. The van der Waals surface area contributed by atoms with Crippen LogP contribution in [0.3, 0.4) is 0 Å². The Morgan fingerprint density at radius 2 is 2.54 bits per heavy atom. The van der Waals surface area contributed by atoms with Gasteiger partial charge in [-0.1, -0.05) is 0 Å². The topological polar surface area (TPSA) is 41.6 Å². The fourth-order valence-electron chi connectivity index (χ4n) is 3.02. The minimum absolute atomic E-state index is 0.120. The Hall–Kier alpha value is -0.610. The number of rotatable bonds is 0. The zero-order chi connectivity index (χ0) is 9.05. The van der Waals surface area contributed by atoms with E-state index >= 15 is 0 Å². The van der Waals surface area contributed by atoms with Gasteiger partial charge in [-0.15, -0.1) is 0 Å². The molecule has 2 heterocycles. The van der Waals surface area contributed by atoms with Crippen molar-refractivity contribution in [1.29, 1.82) is 0 Å². The summed E-state index contributed by atoms with van der Waals surface area (Å²) in [5.74, 6) is 0.846. The van der Waals surface area contributed by atoms with E-state index in [1.54, 1.807) is 7.05 Å². The summed E-state index contributed by atoms with van der Waals surface area (Å²) in [6.07, 6.45) is 2.81. The predicted octanol–water partition coefficient (Wildman–Crippen LogP) is -0.0993. The molecule has 2 saturated heterocycles. The van der Waals surface area contributed by atoms with Crippen LogP contribution in [0, 0.1) is 5.92 Å². The third-order valence-electron chi connectivity index (χ3n) is 3.61. The second-order valence-electron chi connectivity index (χ2n) is 4.49. The first kappa shape index (κ1) is 7.76. The summed E-state index contributed by atoms with van der Waals surface area (Å²) in [6.45, 7) is 1.10. The van der Waals surface area contributed by atoms with Gasteiger partial charge in [0.05, 0.1) is 6.42 Å². The SMILES string of the molecule is CN1OC2(CC1=O)CC1CNC2C1. The molecule has 3 atom stereocenters. The fourth-order valence-corrected chi connectivity index (χ4v) is 3.02. The first-order valence-electron chi connectivity index (χ1n) is 4.89. The molecule has 3 unspecified atom stereocenters. The van der Waals surface area contributed by atoms with Crippen LogP contribution >= 0.6 is 0 Å². The van der Waals surface area contributed by atoms with E-state index in [4.69, 9.17) is 4.84 Å². The Kier molecular flexibility index (Phi) is 1.34. The van der Waals surface area contributed by atoms with Crippen molar-refractivity contribution in [1.82, 2.24) is 10.4 Å². The van der Waals surface area contributed by atoms with Crippen molar-refractivity contribution < 1.29 is 9.63 Å². The molecule has 1 saturated carbocycles. The van der Waals surface area contributed by atoms with E-state index in [9.17, 15) is 4.79 Å². The van der Waals surface area contributed by atoms with Crippen molar-refractivity contribution in [2.24, 2.45) is 5.92 Å². The Morgan fingerprint density at radius 3 is 3.00 bits per heavy atom. The van der Waals surface area contributed by atoms with Crippen LogP contribution < -0.4 is 5.32 Å². The average Bonchev–Trinajstić information content (AvgIpc) is 2.68. The molecule has 1 N–H and O–H groups in total. The van der Waals surface area contributed by atoms with E-state index in [-0.39, 0.29) is 11.5 Å². The lowest BCUT2D eigenvalue weighted by Gasteiger charge is -2.31. The highest BCUT2D eigenvalue weighted by Gasteiger charge is 2.57. The van der Waals surface area contributed by atoms with E-state index < -0.39 is 0 Å². The summed E-state index contributed by atoms with van der Waals surface area (Å²) >= 11 is 0. The van der Waals surface area contributed by atoms with Crippen LogP contribution in [0.2, 0.25) is 0 Å². The second-order valence-corrected chi connectivity index (χ2v) is 4.49. The number of carbonyl (C=O) groups excluding carboxylic acids is 1. The molecule has 1 amide bonds. The Bertz CT molecular complexity index is 268. The maximum Gasteiger partial charge on any atom is 0.248 e. The fraction of sp³-hybridized carbons (Fsp3) is 0.889. The third-order valence-corrected chi connectivity index (χ3v) is 3.61. The lowest BCUT2D eigenvalue weighted by atomic mass is 9.91. The number of hydrogen-bond acceptors (Lipinski definition) is 3. The van der Waals surface area contributed by atoms with Gasteiger partial charge in [0.2, 0.25) is 5.91 Å². The van der Waals surface area contributed by atoms with Crippen molar-refractivity contribution in [3.05, 3.63) is 0 Å². The summed E-state index contributed by atoms with van der Waals surface area (Å²) < 4.78 is 0. The normalized spacial score (nSPS) is 48.4. The minimum Gasteiger partial charge on any atom is -0.311 e. The first-order chi connectivity index (χ1) is 6.20. The smallest absolute Gasteiger partial charge is 0.248 e. The zero-order valence-electron chi connectivity index (χ0n) is 7.75. The standard InChI is InChI=1S/C9H14N2O2/c1-11-8(12)4-9(13-11)3-6-2-7(9)10-5-6/h6-7,10H,2-5H2,1H3. The average molecular weight is 182 g/mol. The molecule has 0 radical (unpaired) electrons.